The van der Waals surface area contributed by atoms with Crippen LogP contribution in [-0.2, 0) is 12.8 Å². The second kappa shape index (κ2) is 6.39. The number of phenolic OH excluding ortho intramolecular Hbond substituents is 3. The lowest BCUT2D eigenvalue weighted by Gasteiger charge is -2.32. The molecule has 2 aliphatic carbocycles. The lowest BCUT2D eigenvalue weighted by Crippen LogP contribution is -2.18. The second-order valence-electron chi connectivity index (χ2n) is 8.06. The molecule has 0 unspecified atom stereocenters. The number of rotatable bonds is 4. The summed E-state index contributed by atoms with van der Waals surface area (Å²) >= 11 is 0. The highest BCUT2D eigenvalue weighted by Crippen LogP contribution is 2.63. The molecule has 2 aromatic carbocycles. The Labute approximate surface area is 154 Å². The fourth-order valence-electron chi connectivity index (χ4n) is 4.45. The van der Waals surface area contributed by atoms with Crippen LogP contribution in [0.25, 0.3) is 0 Å². The molecule has 3 N–H and O–H groups in total. The number of allylic oxidation sites excluding steroid dienone is 2. The summed E-state index contributed by atoms with van der Waals surface area (Å²) in [5.74, 6) is 0.843. The zero-order valence-corrected chi connectivity index (χ0v) is 15.2. The minimum absolute atomic E-state index is 0.119. The summed E-state index contributed by atoms with van der Waals surface area (Å²) in [5, 5.41) is 30.2. The van der Waals surface area contributed by atoms with Gasteiger partial charge in [0.2, 0.25) is 0 Å². The summed E-state index contributed by atoms with van der Waals surface area (Å²) in [7, 11) is 0. The molecule has 1 fully saturated rings. The van der Waals surface area contributed by atoms with Gasteiger partial charge in [-0.15, -0.1) is 0 Å². The number of aryl methyl sites for hydroxylation is 2. The van der Waals surface area contributed by atoms with Crippen LogP contribution in [0, 0.1) is 5.41 Å². The largest absolute Gasteiger partial charge is 0.508 e. The minimum Gasteiger partial charge on any atom is -0.508 e. The van der Waals surface area contributed by atoms with Crippen molar-refractivity contribution in [3.8, 4) is 17.2 Å². The molecule has 0 aliphatic heterocycles. The van der Waals surface area contributed by atoms with E-state index in [9.17, 15) is 15.3 Å². The van der Waals surface area contributed by atoms with Gasteiger partial charge in [0.25, 0.3) is 0 Å². The van der Waals surface area contributed by atoms with Gasteiger partial charge in [-0.1, -0.05) is 23.8 Å². The Morgan fingerprint density at radius 1 is 0.923 bits per heavy atom. The molecule has 2 aliphatic rings. The Balaban J connectivity index is 1.68. The average molecular weight is 350 g/mol. The van der Waals surface area contributed by atoms with Gasteiger partial charge in [-0.05, 0) is 80.2 Å². The maximum Gasteiger partial charge on any atom is 0.123 e. The van der Waals surface area contributed by atoms with Crippen molar-refractivity contribution < 1.29 is 15.3 Å². The summed E-state index contributed by atoms with van der Waals surface area (Å²) in [6.45, 7) is 2.18. The van der Waals surface area contributed by atoms with E-state index in [0.29, 0.717) is 5.41 Å². The van der Waals surface area contributed by atoms with Crippen molar-refractivity contribution >= 4 is 0 Å². The molecular formula is C23H26O3. The fourth-order valence-corrected chi connectivity index (χ4v) is 4.45. The number of hydrogen-bond donors (Lipinski definition) is 3. The summed E-state index contributed by atoms with van der Waals surface area (Å²) in [5.41, 5.74) is 4.86. The highest BCUT2D eigenvalue weighted by molar-refractivity contribution is 5.51. The first-order valence-corrected chi connectivity index (χ1v) is 9.47. The highest BCUT2D eigenvalue weighted by atomic mass is 16.3. The molecular weight excluding hydrogens is 324 g/mol. The molecule has 0 heterocycles. The van der Waals surface area contributed by atoms with Gasteiger partial charge in [0.05, 0.1) is 0 Å². The molecule has 0 amide bonds. The highest BCUT2D eigenvalue weighted by Gasteiger charge is 2.50. The molecule has 2 aromatic rings. The van der Waals surface area contributed by atoms with E-state index in [-0.39, 0.29) is 23.2 Å². The van der Waals surface area contributed by atoms with E-state index in [1.54, 1.807) is 12.1 Å². The monoisotopic (exact) mass is 350 g/mol. The molecule has 3 nitrogen and oxygen atoms in total. The first kappa shape index (κ1) is 17.0. The van der Waals surface area contributed by atoms with E-state index in [2.05, 4.69) is 13.0 Å². The van der Waals surface area contributed by atoms with Crippen molar-refractivity contribution in [2.24, 2.45) is 5.41 Å². The zero-order chi connectivity index (χ0) is 18.3. The molecule has 1 saturated carbocycles. The average Bonchev–Trinajstić information content (AvgIpc) is 3.37. The van der Waals surface area contributed by atoms with Crippen LogP contribution in [0.2, 0.25) is 0 Å². The van der Waals surface area contributed by atoms with E-state index in [4.69, 9.17) is 0 Å². The summed E-state index contributed by atoms with van der Waals surface area (Å²) in [4.78, 5) is 0. The van der Waals surface area contributed by atoms with Crippen molar-refractivity contribution in [3.63, 3.8) is 0 Å². The molecule has 136 valence electrons. The van der Waals surface area contributed by atoms with Crippen LogP contribution in [0.4, 0.5) is 0 Å². The number of benzene rings is 2. The minimum atomic E-state index is 0.119. The van der Waals surface area contributed by atoms with Gasteiger partial charge in [-0.3, -0.25) is 0 Å². The Morgan fingerprint density at radius 3 is 2.35 bits per heavy atom. The third-order valence-electron chi connectivity index (χ3n) is 6.18. The van der Waals surface area contributed by atoms with E-state index >= 15 is 0 Å². The van der Waals surface area contributed by atoms with E-state index < -0.39 is 0 Å². The smallest absolute Gasteiger partial charge is 0.123 e. The predicted octanol–water partition coefficient (Wildman–Crippen LogP) is 5.19. The first-order chi connectivity index (χ1) is 12.5. The maximum absolute atomic E-state index is 10.7. The summed E-state index contributed by atoms with van der Waals surface area (Å²) < 4.78 is 0. The van der Waals surface area contributed by atoms with Crippen LogP contribution >= 0.6 is 0 Å². The number of phenols is 3. The Morgan fingerprint density at radius 2 is 1.65 bits per heavy atom. The van der Waals surface area contributed by atoms with Crippen LogP contribution in [-0.4, -0.2) is 15.3 Å². The van der Waals surface area contributed by atoms with Crippen LogP contribution in [0.1, 0.15) is 55.2 Å². The van der Waals surface area contributed by atoms with E-state index in [0.717, 1.165) is 36.0 Å². The van der Waals surface area contributed by atoms with Gasteiger partial charge >= 0.3 is 0 Å². The zero-order valence-electron chi connectivity index (χ0n) is 15.2. The third kappa shape index (κ3) is 3.18. The molecule has 4 rings (SSSR count). The van der Waals surface area contributed by atoms with Crippen molar-refractivity contribution in [1.82, 2.24) is 0 Å². The molecule has 0 radical (unpaired) electrons. The lowest BCUT2D eigenvalue weighted by atomic mass is 9.72. The van der Waals surface area contributed by atoms with E-state index in [1.165, 1.54) is 30.9 Å². The predicted molar refractivity (Wildman–Crippen MR) is 103 cm³/mol. The lowest BCUT2D eigenvalue weighted by molar-refractivity contribution is 0.377. The summed E-state index contributed by atoms with van der Waals surface area (Å²) in [6.07, 6.45) is 8.68. The van der Waals surface area contributed by atoms with Crippen molar-refractivity contribution in [3.05, 3.63) is 64.7 Å². The van der Waals surface area contributed by atoms with Crippen molar-refractivity contribution in [1.29, 1.82) is 0 Å². The van der Waals surface area contributed by atoms with Crippen molar-refractivity contribution in [2.45, 2.75) is 51.4 Å². The van der Waals surface area contributed by atoms with Crippen molar-refractivity contribution in [2.75, 3.05) is 0 Å². The fraction of sp³-hybridized carbons (Fsp3) is 0.391. The topological polar surface area (TPSA) is 60.7 Å². The molecule has 1 atom stereocenters. The number of hydrogen-bond acceptors (Lipinski definition) is 3. The van der Waals surface area contributed by atoms with Crippen LogP contribution in [0.5, 0.6) is 17.2 Å². The number of aromatic hydroxyl groups is 3. The molecule has 0 aromatic heterocycles. The van der Waals surface area contributed by atoms with Crippen LogP contribution in [0.15, 0.2) is 48.0 Å². The van der Waals surface area contributed by atoms with Gasteiger partial charge in [0, 0.05) is 17.5 Å². The third-order valence-corrected chi connectivity index (χ3v) is 6.18. The SMILES string of the molecule is CC1=C[C@@H](c2c(O)cc(O)cc2CCc2ccc(O)cc2)C2(CC1)CC2. The molecule has 3 heteroatoms. The first-order valence-electron chi connectivity index (χ1n) is 9.47. The van der Waals surface area contributed by atoms with Gasteiger partial charge < -0.3 is 15.3 Å². The van der Waals surface area contributed by atoms with Gasteiger partial charge in [-0.25, -0.2) is 0 Å². The molecule has 0 saturated heterocycles. The summed E-state index contributed by atoms with van der Waals surface area (Å²) in [6, 6.07) is 10.5. The van der Waals surface area contributed by atoms with E-state index in [1.807, 2.05) is 18.2 Å². The molecule has 0 bridgehead atoms. The Bertz CT molecular complexity index is 845. The molecule has 1 spiro atoms. The second-order valence-corrected chi connectivity index (χ2v) is 8.06. The van der Waals surface area contributed by atoms with Gasteiger partial charge in [0.1, 0.15) is 17.2 Å². The van der Waals surface area contributed by atoms with Gasteiger partial charge in [-0.2, -0.15) is 0 Å². The Hall–Kier alpha value is -2.42. The maximum atomic E-state index is 10.7. The normalized spacial score (nSPS) is 20.8. The Kier molecular flexibility index (Phi) is 4.18. The van der Waals surface area contributed by atoms with Crippen LogP contribution in [0.3, 0.4) is 0 Å². The molecule has 26 heavy (non-hydrogen) atoms. The van der Waals surface area contributed by atoms with Crippen LogP contribution < -0.4 is 0 Å². The standard InChI is InChI=1S/C23H26O3/c1-15-8-9-23(10-11-23)20(12-15)22-17(13-19(25)14-21(22)26)5-2-16-3-6-18(24)7-4-16/h3-4,6-7,12-14,20,24-26H,2,5,8-11H2,1H3/t20-/m0/s1. The van der Waals surface area contributed by atoms with Gasteiger partial charge in [0.15, 0.2) is 0 Å². The quantitative estimate of drug-likeness (QED) is 0.665.